The third-order valence-electron chi connectivity index (χ3n) is 3.34. The molecular formula is C23H28O2. The van der Waals surface area contributed by atoms with Crippen molar-refractivity contribution in [1.82, 2.24) is 0 Å². The molecule has 132 valence electrons. The Balaban J connectivity index is 2.14. The Bertz CT molecular complexity index is 604. The van der Waals surface area contributed by atoms with E-state index in [9.17, 15) is 4.79 Å². The highest BCUT2D eigenvalue weighted by atomic mass is 16.5. The van der Waals surface area contributed by atoms with E-state index in [-0.39, 0.29) is 5.97 Å². The van der Waals surface area contributed by atoms with Crippen LogP contribution in [0.1, 0.15) is 38.2 Å². The van der Waals surface area contributed by atoms with Gasteiger partial charge in [-0.2, -0.15) is 0 Å². The molecular weight excluding hydrogens is 308 g/mol. The summed E-state index contributed by atoms with van der Waals surface area (Å²) in [7, 11) is 0. The zero-order valence-corrected chi connectivity index (χ0v) is 15.0. The second-order valence-electron chi connectivity index (χ2n) is 5.53. The van der Waals surface area contributed by atoms with Gasteiger partial charge in [-0.3, -0.25) is 0 Å². The fraction of sp³-hybridized carbons (Fsp3) is 0.261. The summed E-state index contributed by atoms with van der Waals surface area (Å²) in [6.07, 6.45) is 23.9. The lowest BCUT2D eigenvalue weighted by molar-refractivity contribution is -0.139. The number of ether oxygens (including phenoxy) is 1. The van der Waals surface area contributed by atoms with Gasteiger partial charge in [-0.25, -0.2) is 4.79 Å². The van der Waals surface area contributed by atoms with Crippen LogP contribution in [0.25, 0.3) is 0 Å². The van der Waals surface area contributed by atoms with E-state index in [4.69, 9.17) is 4.74 Å². The lowest BCUT2D eigenvalue weighted by Gasteiger charge is -2.00. The number of benzene rings is 1. The molecule has 1 aromatic carbocycles. The molecule has 1 aromatic rings. The molecule has 0 aliphatic carbocycles. The number of carbonyl (C=O) groups is 1. The molecule has 0 atom stereocenters. The van der Waals surface area contributed by atoms with Gasteiger partial charge in [0.2, 0.25) is 0 Å². The van der Waals surface area contributed by atoms with Gasteiger partial charge in [-0.1, -0.05) is 105 Å². The molecule has 0 unspecified atom stereocenters. The molecule has 0 aromatic heterocycles. The van der Waals surface area contributed by atoms with Crippen molar-refractivity contribution in [3.05, 3.63) is 96.7 Å². The van der Waals surface area contributed by atoms with Crippen LogP contribution in [-0.2, 0) is 16.1 Å². The van der Waals surface area contributed by atoms with E-state index in [2.05, 4.69) is 19.1 Å². The highest BCUT2D eigenvalue weighted by molar-refractivity contribution is 5.82. The van der Waals surface area contributed by atoms with E-state index < -0.39 is 0 Å². The Morgan fingerprint density at radius 2 is 1.52 bits per heavy atom. The van der Waals surface area contributed by atoms with Crippen LogP contribution in [0.4, 0.5) is 0 Å². The van der Waals surface area contributed by atoms with Crippen molar-refractivity contribution >= 4 is 5.97 Å². The second-order valence-corrected chi connectivity index (χ2v) is 5.53. The van der Waals surface area contributed by atoms with E-state index in [1.54, 1.807) is 12.2 Å². The quantitative estimate of drug-likeness (QED) is 0.211. The van der Waals surface area contributed by atoms with E-state index in [0.29, 0.717) is 6.61 Å². The Kier molecular flexibility index (Phi) is 12.2. The van der Waals surface area contributed by atoms with Crippen LogP contribution in [0.15, 0.2) is 91.1 Å². The number of hydrogen-bond donors (Lipinski definition) is 0. The van der Waals surface area contributed by atoms with Crippen molar-refractivity contribution in [2.45, 2.75) is 39.2 Å². The summed E-state index contributed by atoms with van der Waals surface area (Å²) >= 11 is 0. The normalized spacial score (nSPS) is 12.4. The maximum Gasteiger partial charge on any atom is 0.331 e. The van der Waals surface area contributed by atoms with Gasteiger partial charge < -0.3 is 4.74 Å². The van der Waals surface area contributed by atoms with Gasteiger partial charge in [0.05, 0.1) is 0 Å². The molecule has 1 rings (SSSR count). The van der Waals surface area contributed by atoms with E-state index >= 15 is 0 Å². The van der Waals surface area contributed by atoms with Crippen LogP contribution < -0.4 is 0 Å². The molecule has 0 amide bonds. The zero-order chi connectivity index (χ0) is 18.0. The molecule has 2 heteroatoms. The molecule has 0 radical (unpaired) electrons. The summed E-state index contributed by atoms with van der Waals surface area (Å²) in [4.78, 5) is 11.5. The van der Waals surface area contributed by atoms with Crippen LogP contribution >= 0.6 is 0 Å². The highest BCUT2D eigenvalue weighted by Crippen LogP contribution is 2.01. The van der Waals surface area contributed by atoms with Crippen molar-refractivity contribution < 1.29 is 9.53 Å². The van der Waals surface area contributed by atoms with Crippen molar-refractivity contribution in [3.63, 3.8) is 0 Å². The van der Waals surface area contributed by atoms with E-state index in [1.165, 1.54) is 25.3 Å². The van der Waals surface area contributed by atoms with Gasteiger partial charge in [-0.05, 0) is 18.4 Å². The lowest BCUT2D eigenvalue weighted by Crippen LogP contribution is -2.00. The molecule has 0 saturated carbocycles. The third-order valence-corrected chi connectivity index (χ3v) is 3.34. The molecule has 25 heavy (non-hydrogen) atoms. The second kappa shape index (κ2) is 14.9. The topological polar surface area (TPSA) is 26.3 Å². The number of allylic oxidation sites excluding steroid dienone is 9. The van der Waals surface area contributed by atoms with E-state index in [0.717, 1.165) is 12.0 Å². The number of esters is 1. The first-order valence-electron chi connectivity index (χ1n) is 8.87. The molecule has 0 spiro atoms. The molecule has 0 aliphatic rings. The molecule has 0 saturated heterocycles. The third kappa shape index (κ3) is 12.5. The minimum absolute atomic E-state index is 0.296. The Morgan fingerprint density at radius 1 is 0.880 bits per heavy atom. The summed E-state index contributed by atoms with van der Waals surface area (Å²) < 4.78 is 5.14. The fourth-order valence-corrected chi connectivity index (χ4v) is 1.98. The van der Waals surface area contributed by atoms with E-state index in [1.807, 2.05) is 60.7 Å². The summed E-state index contributed by atoms with van der Waals surface area (Å²) in [5.41, 5.74) is 0.980. The predicted molar refractivity (Wildman–Crippen MR) is 106 cm³/mol. The Morgan fingerprint density at radius 3 is 2.20 bits per heavy atom. The SMILES string of the molecule is CCCCCC=CC=CC=CC=CC=CC(=O)OCc1ccccc1. The molecule has 2 nitrogen and oxygen atoms in total. The summed E-state index contributed by atoms with van der Waals surface area (Å²) in [5, 5.41) is 0. The van der Waals surface area contributed by atoms with Crippen LogP contribution in [0, 0.1) is 0 Å². The van der Waals surface area contributed by atoms with Crippen LogP contribution in [0.2, 0.25) is 0 Å². The molecule has 0 heterocycles. The number of rotatable bonds is 11. The van der Waals surface area contributed by atoms with Gasteiger partial charge in [0, 0.05) is 6.08 Å². The van der Waals surface area contributed by atoms with Crippen molar-refractivity contribution in [2.75, 3.05) is 0 Å². The van der Waals surface area contributed by atoms with Crippen molar-refractivity contribution in [1.29, 1.82) is 0 Å². The minimum Gasteiger partial charge on any atom is -0.458 e. The van der Waals surface area contributed by atoms with Gasteiger partial charge in [0.1, 0.15) is 6.61 Å². The minimum atomic E-state index is -0.342. The van der Waals surface area contributed by atoms with Crippen molar-refractivity contribution in [2.24, 2.45) is 0 Å². The summed E-state index contributed by atoms with van der Waals surface area (Å²) in [6, 6.07) is 9.63. The van der Waals surface area contributed by atoms with Gasteiger partial charge in [-0.15, -0.1) is 0 Å². The fourth-order valence-electron chi connectivity index (χ4n) is 1.98. The number of hydrogen-bond acceptors (Lipinski definition) is 2. The largest absolute Gasteiger partial charge is 0.458 e. The zero-order valence-electron chi connectivity index (χ0n) is 15.0. The number of carbonyl (C=O) groups excluding carboxylic acids is 1. The van der Waals surface area contributed by atoms with Crippen molar-refractivity contribution in [3.8, 4) is 0 Å². The standard InChI is InChI=1S/C23H28O2/c1-2-3-4-5-6-7-8-9-10-11-12-13-17-20-23(24)25-21-22-18-15-14-16-19-22/h6-20H,2-5,21H2,1H3. The molecule has 0 aliphatic heterocycles. The average molecular weight is 336 g/mol. The monoisotopic (exact) mass is 336 g/mol. The smallest absolute Gasteiger partial charge is 0.331 e. The first-order valence-corrected chi connectivity index (χ1v) is 8.87. The van der Waals surface area contributed by atoms with Crippen LogP contribution in [-0.4, -0.2) is 5.97 Å². The molecule has 0 N–H and O–H groups in total. The first-order chi connectivity index (χ1) is 12.3. The lowest BCUT2D eigenvalue weighted by atomic mass is 10.2. The van der Waals surface area contributed by atoms with Gasteiger partial charge in [0.15, 0.2) is 0 Å². The summed E-state index contributed by atoms with van der Waals surface area (Å²) in [6.45, 7) is 2.51. The average Bonchev–Trinajstić information content (AvgIpc) is 2.64. The van der Waals surface area contributed by atoms with Crippen LogP contribution in [0.3, 0.4) is 0 Å². The Hall–Kier alpha value is -2.61. The molecule has 0 bridgehead atoms. The van der Waals surface area contributed by atoms with Crippen LogP contribution in [0.5, 0.6) is 0 Å². The molecule has 0 fully saturated rings. The Labute approximate surface area is 151 Å². The highest BCUT2D eigenvalue weighted by Gasteiger charge is 1.96. The van der Waals surface area contributed by atoms with Gasteiger partial charge in [0.25, 0.3) is 0 Å². The maximum atomic E-state index is 11.5. The number of unbranched alkanes of at least 4 members (excludes halogenated alkanes) is 3. The summed E-state index contributed by atoms with van der Waals surface area (Å²) in [5.74, 6) is -0.342. The predicted octanol–water partition coefficient (Wildman–Crippen LogP) is 6.09. The first kappa shape index (κ1) is 20.4. The van der Waals surface area contributed by atoms with Gasteiger partial charge >= 0.3 is 5.97 Å². The maximum absolute atomic E-state index is 11.5.